The highest BCUT2D eigenvalue weighted by atomic mass is 16.5. The largest absolute Gasteiger partial charge is 0.497 e. The second-order valence-corrected chi connectivity index (χ2v) is 8.40. The lowest BCUT2D eigenvalue weighted by atomic mass is 9.90. The molecule has 2 aromatic carbocycles. The summed E-state index contributed by atoms with van der Waals surface area (Å²) in [4.78, 5) is 19.5. The lowest BCUT2D eigenvalue weighted by Crippen LogP contribution is -2.45. The highest BCUT2D eigenvalue weighted by Crippen LogP contribution is 2.37. The molecular weight excluding hydrogens is 416 g/mol. The number of hydrogen-bond acceptors (Lipinski definition) is 5. The van der Waals surface area contributed by atoms with Crippen LogP contribution in [-0.4, -0.2) is 51.9 Å². The molecule has 1 saturated heterocycles. The summed E-state index contributed by atoms with van der Waals surface area (Å²) in [7, 11) is 1.67. The lowest BCUT2D eigenvalue weighted by molar-refractivity contribution is -0.137. The molecule has 0 saturated carbocycles. The van der Waals surface area contributed by atoms with E-state index >= 15 is 0 Å². The van der Waals surface area contributed by atoms with Crippen LogP contribution in [-0.2, 0) is 16.1 Å². The van der Waals surface area contributed by atoms with Crippen molar-refractivity contribution < 1.29 is 14.3 Å². The molecule has 7 heteroatoms. The molecule has 0 spiro atoms. The van der Waals surface area contributed by atoms with Crippen LogP contribution in [0, 0.1) is 13.8 Å². The van der Waals surface area contributed by atoms with Crippen molar-refractivity contribution in [2.45, 2.75) is 52.3 Å². The molecule has 4 rings (SSSR count). The minimum Gasteiger partial charge on any atom is -0.497 e. The van der Waals surface area contributed by atoms with Crippen molar-refractivity contribution in [3.05, 3.63) is 65.7 Å². The Morgan fingerprint density at radius 2 is 1.94 bits per heavy atom. The van der Waals surface area contributed by atoms with E-state index in [0.717, 1.165) is 41.1 Å². The van der Waals surface area contributed by atoms with Crippen molar-refractivity contribution in [1.29, 1.82) is 0 Å². The average molecular weight is 449 g/mol. The maximum Gasteiger partial charge on any atom is 0.244 e. The Labute approximate surface area is 195 Å². The third kappa shape index (κ3) is 5.09. The van der Waals surface area contributed by atoms with E-state index in [2.05, 4.69) is 34.3 Å². The van der Waals surface area contributed by atoms with E-state index in [4.69, 9.17) is 9.47 Å². The molecule has 0 N–H and O–H groups in total. The van der Waals surface area contributed by atoms with E-state index in [1.807, 2.05) is 49.9 Å². The van der Waals surface area contributed by atoms with Gasteiger partial charge in [0.2, 0.25) is 5.91 Å². The molecule has 2 heterocycles. The van der Waals surface area contributed by atoms with E-state index in [9.17, 15) is 4.79 Å². The van der Waals surface area contributed by atoms with Crippen LogP contribution in [0.1, 0.15) is 43.1 Å². The fourth-order valence-corrected chi connectivity index (χ4v) is 4.66. The minimum absolute atomic E-state index is 0.0691. The van der Waals surface area contributed by atoms with Crippen LogP contribution in [0.5, 0.6) is 5.75 Å². The Balaban J connectivity index is 1.53. The number of aromatic nitrogens is 3. The first-order chi connectivity index (χ1) is 16.0. The number of likely N-dealkylation sites (N-methyl/N-ethyl adjacent to an activating group) is 1. The number of hydrogen-bond donors (Lipinski definition) is 0. The number of ether oxygens (including phenoxy) is 2. The van der Waals surface area contributed by atoms with Gasteiger partial charge in [0.1, 0.15) is 23.9 Å². The van der Waals surface area contributed by atoms with Gasteiger partial charge in [0.05, 0.1) is 13.2 Å². The molecule has 1 aliphatic rings. The summed E-state index contributed by atoms with van der Waals surface area (Å²) in [6.07, 6.45) is 1.53. The third-order valence-corrected chi connectivity index (χ3v) is 6.31. The third-order valence-electron chi connectivity index (χ3n) is 6.31. The van der Waals surface area contributed by atoms with Crippen LogP contribution in [0.3, 0.4) is 0 Å². The molecule has 0 aliphatic carbocycles. The summed E-state index contributed by atoms with van der Waals surface area (Å²) in [5, 5.41) is 4.36. The maximum atomic E-state index is 13.2. The fourth-order valence-electron chi connectivity index (χ4n) is 4.66. The number of carbonyl (C=O) groups excluding carboxylic acids is 1. The number of methoxy groups -OCH3 is 1. The van der Waals surface area contributed by atoms with Crippen molar-refractivity contribution in [2.75, 3.05) is 20.3 Å². The van der Waals surface area contributed by atoms with Crippen LogP contribution < -0.4 is 4.74 Å². The van der Waals surface area contributed by atoms with Gasteiger partial charge < -0.3 is 14.4 Å². The van der Waals surface area contributed by atoms with Crippen molar-refractivity contribution >= 4 is 5.91 Å². The summed E-state index contributed by atoms with van der Waals surface area (Å²) in [6.45, 7) is 7.25. The van der Waals surface area contributed by atoms with Crippen molar-refractivity contribution in [3.63, 3.8) is 0 Å². The first-order valence-electron chi connectivity index (χ1n) is 11.5. The van der Waals surface area contributed by atoms with Gasteiger partial charge >= 0.3 is 0 Å². The Hall–Kier alpha value is -3.19. The molecule has 7 nitrogen and oxygen atoms in total. The number of nitrogens with zero attached hydrogens (tertiary/aromatic N) is 4. The highest BCUT2D eigenvalue weighted by Gasteiger charge is 2.31. The van der Waals surface area contributed by atoms with Crippen molar-refractivity contribution in [3.8, 4) is 16.9 Å². The molecule has 0 radical (unpaired) electrons. The Kier molecular flexibility index (Phi) is 7.08. The molecule has 0 bridgehead atoms. The summed E-state index contributed by atoms with van der Waals surface area (Å²) in [6, 6.07) is 16.6. The molecule has 3 aromatic rings. The van der Waals surface area contributed by atoms with E-state index in [1.165, 1.54) is 0 Å². The lowest BCUT2D eigenvalue weighted by Gasteiger charge is -2.38. The SMILES string of the molecule is CCN(C(=O)Cn1nc(C)nc1C)[C@H]1CCO[C@@H](c2ccccc2-c2ccc(OC)cc2)C1. The Bertz CT molecular complexity index is 1090. The molecule has 174 valence electrons. The summed E-state index contributed by atoms with van der Waals surface area (Å²) in [5.41, 5.74) is 3.42. The summed E-state index contributed by atoms with van der Waals surface area (Å²) in [5.74, 6) is 2.35. The van der Waals surface area contributed by atoms with Crippen molar-refractivity contribution in [2.24, 2.45) is 0 Å². The second kappa shape index (κ2) is 10.2. The normalized spacial score (nSPS) is 18.2. The minimum atomic E-state index is -0.0701. The number of benzene rings is 2. The predicted octanol–water partition coefficient (Wildman–Crippen LogP) is 4.34. The molecule has 1 fully saturated rings. The zero-order chi connectivity index (χ0) is 23.4. The molecule has 2 atom stereocenters. The van der Waals surface area contributed by atoms with Crippen LogP contribution in [0.15, 0.2) is 48.5 Å². The Morgan fingerprint density at radius 1 is 1.18 bits per heavy atom. The topological polar surface area (TPSA) is 69.5 Å². The van der Waals surface area contributed by atoms with Gasteiger partial charge in [-0.15, -0.1) is 0 Å². The van der Waals surface area contributed by atoms with E-state index < -0.39 is 0 Å². The zero-order valence-corrected chi connectivity index (χ0v) is 19.8. The van der Waals surface area contributed by atoms with Crippen molar-refractivity contribution in [1.82, 2.24) is 19.7 Å². The number of aryl methyl sites for hydroxylation is 2. The zero-order valence-electron chi connectivity index (χ0n) is 19.8. The number of rotatable bonds is 7. The average Bonchev–Trinajstić information content (AvgIpc) is 3.16. The first-order valence-corrected chi connectivity index (χ1v) is 11.5. The van der Waals surface area contributed by atoms with E-state index in [1.54, 1.807) is 11.8 Å². The van der Waals surface area contributed by atoms with Gasteiger partial charge in [-0.05, 0) is 62.4 Å². The van der Waals surface area contributed by atoms with Gasteiger partial charge in [-0.3, -0.25) is 4.79 Å². The molecule has 33 heavy (non-hydrogen) atoms. The second-order valence-electron chi connectivity index (χ2n) is 8.40. The summed E-state index contributed by atoms with van der Waals surface area (Å²) < 4.78 is 13.2. The first kappa shape index (κ1) is 23.0. The van der Waals surface area contributed by atoms with Gasteiger partial charge in [-0.1, -0.05) is 36.4 Å². The van der Waals surface area contributed by atoms with Crippen LogP contribution >= 0.6 is 0 Å². The Morgan fingerprint density at radius 3 is 2.61 bits per heavy atom. The van der Waals surface area contributed by atoms with Gasteiger partial charge in [0.25, 0.3) is 0 Å². The van der Waals surface area contributed by atoms with Gasteiger partial charge in [-0.2, -0.15) is 5.10 Å². The van der Waals surface area contributed by atoms with E-state index in [-0.39, 0.29) is 24.6 Å². The molecule has 1 aromatic heterocycles. The molecule has 0 unspecified atom stereocenters. The fraction of sp³-hybridized carbons (Fsp3) is 0.423. The van der Waals surface area contributed by atoms with Gasteiger partial charge in [0, 0.05) is 19.2 Å². The van der Waals surface area contributed by atoms with E-state index in [0.29, 0.717) is 19.0 Å². The molecular formula is C26H32N4O3. The molecule has 1 aliphatic heterocycles. The molecule has 1 amide bonds. The number of carbonyl (C=O) groups is 1. The highest BCUT2D eigenvalue weighted by molar-refractivity contribution is 5.76. The van der Waals surface area contributed by atoms with Crippen LogP contribution in [0.2, 0.25) is 0 Å². The quantitative estimate of drug-likeness (QED) is 0.538. The smallest absolute Gasteiger partial charge is 0.244 e. The predicted molar refractivity (Wildman–Crippen MR) is 127 cm³/mol. The van der Waals surface area contributed by atoms with Gasteiger partial charge in [0.15, 0.2) is 0 Å². The van der Waals surface area contributed by atoms with Crippen LogP contribution in [0.25, 0.3) is 11.1 Å². The standard InChI is InChI=1S/C26H32N4O3/c1-5-29(26(31)17-30-19(3)27-18(2)28-30)21-14-15-33-25(16-21)24-9-7-6-8-23(24)20-10-12-22(32-4)13-11-20/h6-13,21,25H,5,14-17H2,1-4H3/t21-,25+/m0/s1. The van der Waals surface area contributed by atoms with Crippen LogP contribution in [0.4, 0.5) is 0 Å². The van der Waals surface area contributed by atoms with Gasteiger partial charge in [-0.25, -0.2) is 9.67 Å². The summed E-state index contributed by atoms with van der Waals surface area (Å²) >= 11 is 0. The number of amides is 1. The monoisotopic (exact) mass is 448 g/mol. The maximum absolute atomic E-state index is 13.2.